The van der Waals surface area contributed by atoms with Gasteiger partial charge in [0, 0.05) is 58.0 Å². The second kappa shape index (κ2) is 13.7. The monoisotopic (exact) mass is 602 g/mol. The first-order chi connectivity index (χ1) is 22.5. The summed E-state index contributed by atoms with van der Waals surface area (Å²) >= 11 is 0. The molecule has 6 nitrogen and oxygen atoms in total. The van der Waals surface area contributed by atoms with E-state index in [-0.39, 0.29) is 11.8 Å². The van der Waals surface area contributed by atoms with Crippen LogP contribution in [0.15, 0.2) is 158 Å². The third kappa shape index (κ3) is 6.66. The van der Waals surface area contributed by atoms with Crippen molar-refractivity contribution in [2.75, 3.05) is 22.2 Å². The number of nitrogens with zero attached hydrogens (tertiary/aromatic N) is 2. The first-order valence-corrected chi connectivity index (χ1v) is 15.1. The van der Waals surface area contributed by atoms with Crippen molar-refractivity contribution in [3.05, 3.63) is 174 Å². The van der Waals surface area contributed by atoms with E-state index in [2.05, 4.69) is 112 Å². The van der Waals surface area contributed by atoms with Gasteiger partial charge in [0.15, 0.2) is 0 Å². The highest BCUT2D eigenvalue weighted by atomic mass is 16.2. The molecule has 6 heteroatoms. The Bertz CT molecular complexity index is 1920. The Labute approximate surface area is 269 Å². The summed E-state index contributed by atoms with van der Waals surface area (Å²) in [4.78, 5) is 29.4. The Morgan fingerprint density at radius 3 is 1.30 bits per heavy atom. The van der Waals surface area contributed by atoms with Crippen LogP contribution in [0.2, 0.25) is 0 Å². The highest BCUT2D eigenvalue weighted by Crippen LogP contribution is 2.39. The van der Waals surface area contributed by atoms with Crippen LogP contribution in [0.1, 0.15) is 26.3 Å². The molecular formula is C40H34N4O2. The number of anilines is 7. The van der Waals surface area contributed by atoms with Crippen LogP contribution in [0.25, 0.3) is 0 Å². The van der Waals surface area contributed by atoms with Crippen LogP contribution < -0.4 is 20.4 Å². The topological polar surface area (TPSA) is 64.7 Å². The number of para-hydroxylation sites is 2. The molecule has 2 N–H and O–H groups in total. The number of nitrogens with one attached hydrogen (secondary N) is 2. The van der Waals surface area contributed by atoms with Gasteiger partial charge in [-0.3, -0.25) is 9.59 Å². The Morgan fingerprint density at radius 1 is 0.457 bits per heavy atom. The maximum Gasteiger partial charge on any atom is 0.255 e. The largest absolute Gasteiger partial charge is 0.355 e. The van der Waals surface area contributed by atoms with Gasteiger partial charge < -0.3 is 20.4 Å². The van der Waals surface area contributed by atoms with Crippen LogP contribution in [0.5, 0.6) is 0 Å². The Balaban J connectivity index is 1.29. The summed E-state index contributed by atoms with van der Waals surface area (Å²) in [5, 5.41) is 5.54. The van der Waals surface area contributed by atoms with Crippen molar-refractivity contribution in [1.82, 2.24) is 5.32 Å². The fourth-order valence-electron chi connectivity index (χ4n) is 5.34. The molecule has 0 heterocycles. The van der Waals surface area contributed by atoms with Crippen molar-refractivity contribution >= 4 is 51.6 Å². The first kappa shape index (κ1) is 29.9. The summed E-state index contributed by atoms with van der Waals surface area (Å²) in [6.45, 7) is 2.09. The van der Waals surface area contributed by atoms with E-state index in [4.69, 9.17) is 0 Å². The SMILES string of the molecule is CNC(=O)c1cccc(C(=O)Nc2ccc(N(c3ccccc3)c3ccc(N(c4ccccc4)c4ccc(C)cc4)cc3)cc2)c1. The van der Waals surface area contributed by atoms with Crippen molar-refractivity contribution in [3.63, 3.8) is 0 Å². The lowest BCUT2D eigenvalue weighted by atomic mass is 10.1. The highest BCUT2D eigenvalue weighted by molar-refractivity contribution is 6.06. The molecule has 6 aromatic carbocycles. The van der Waals surface area contributed by atoms with Crippen LogP contribution in [0, 0.1) is 6.92 Å². The molecule has 0 aliphatic heterocycles. The minimum Gasteiger partial charge on any atom is -0.355 e. The molecule has 0 radical (unpaired) electrons. The molecule has 226 valence electrons. The number of rotatable bonds is 9. The Kier molecular flexibility index (Phi) is 8.88. The van der Waals surface area contributed by atoms with Crippen LogP contribution >= 0.6 is 0 Å². The number of carbonyl (C=O) groups excluding carboxylic acids is 2. The zero-order valence-electron chi connectivity index (χ0n) is 25.7. The van der Waals surface area contributed by atoms with Crippen molar-refractivity contribution in [2.24, 2.45) is 0 Å². The smallest absolute Gasteiger partial charge is 0.255 e. The molecule has 0 saturated carbocycles. The van der Waals surface area contributed by atoms with Gasteiger partial charge in [-0.1, -0.05) is 60.2 Å². The lowest BCUT2D eigenvalue weighted by Gasteiger charge is -2.28. The molecule has 0 saturated heterocycles. The molecular weight excluding hydrogens is 568 g/mol. The predicted molar refractivity (Wildman–Crippen MR) is 188 cm³/mol. The Hall–Kier alpha value is -6.14. The van der Waals surface area contributed by atoms with Gasteiger partial charge in [0.2, 0.25) is 0 Å². The van der Waals surface area contributed by atoms with Crippen molar-refractivity contribution in [1.29, 1.82) is 0 Å². The fourth-order valence-corrected chi connectivity index (χ4v) is 5.34. The molecule has 2 amide bonds. The van der Waals surface area contributed by atoms with Gasteiger partial charge in [-0.25, -0.2) is 0 Å². The number of carbonyl (C=O) groups is 2. The van der Waals surface area contributed by atoms with E-state index >= 15 is 0 Å². The van der Waals surface area contributed by atoms with E-state index in [1.54, 1.807) is 31.3 Å². The summed E-state index contributed by atoms with van der Waals surface area (Å²) in [7, 11) is 1.56. The van der Waals surface area contributed by atoms with Crippen molar-refractivity contribution < 1.29 is 9.59 Å². The summed E-state index contributed by atoms with van der Waals surface area (Å²) in [5.41, 5.74) is 8.87. The summed E-state index contributed by atoms with van der Waals surface area (Å²) in [6.07, 6.45) is 0. The molecule has 0 atom stereocenters. The van der Waals surface area contributed by atoms with Gasteiger partial charge in [-0.2, -0.15) is 0 Å². The molecule has 0 unspecified atom stereocenters. The van der Waals surface area contributed by atoms with E-state index in [0.717, 1.165) is 34.1 Å². The van der Waals surface area contributed by atoms with E-state index in [1.807, 2.05) is 48.5 Å². The molecule has 0 aliphatic rings. The maximum atomic E-state index is 13.0. The summed E-state index contributed by atoms with van der Waals surface area (Å²) < 4.78 is 0. The third-order valence-corrected chi connectivity index (χ3v) is 7.68. The molecule has 46 heavy (non-hydrogen) atoms. The first-order valence-electron chi connectivity index (χ1n) is 15.1. The maximum absolute atomic E-state index is 13.0. The van der Waals surface area contributed by atoms with Gasteiger partial charge in [-0.15, -0.1) is 0 Å². The van der Waals surface area contributed by atoms with Crippen LogP contribution in [0.3, 0.4) is 0 Å². The van der Waals surface area contributed by atoms with Crippen molar-refractivity contribution in [2.45, 2.75) is 6.92 Å². The van der Waals surface area contributed by atoms with E-state index in [9.17, 15) is 9.59 Å². The molecule has 0 spiro atoms. The number of benzene rings is 6. The lowest BCUT2D eigenvalue weighted by molar-refractivity contribution is 0.0963. The van der Waals surface area contributed by atoms with Crippen LogP contribution in [-0.4, -0.2) is 18.9 Å². The minimum atomic E-state index is -0.287. The van der Waals surface area contributed by atoms with Gasteiger partial charge in [0.1, 0.15) is 0 Å². The van der Waals surface area contributed by atoms with E-state index in [1.165, 1.54) is 5.56 Å². The number of hydrogen-bond donors (Lipinski definition) is 2. The normalized spacial score (nSPS) is 10.6. The summed E-state index contributed by atoms with van der Waals surface area (Å²) in [6, 6.07) is 52.0. The van der Waals surface area contributed by atoms with Crippen molar-refractivity contribution in [3.8, 4) is 0 Å². The van der Waals surface area contributed by atoms with Gasteiger partial charge in [0.25, 0.3) is 11.8 Å². The van der Waals surface area contributed by atoms with Crippen LogP contribution in [-0.2, 0) is 0 Å². The molecule has 0 fully saturated rings. The van der Waals surface area contributed by atoms with Gasteiger partial charge in [0.05, 0.1) is 0 Å². The molecule has 0 bridgehead atoms. The second-order valence-corrected chi connectivity index (χ2v) is 10.9. The molecule has 6 aromatic rings. The average molecular weight is 603 g/mol. The molecule has 6 rings (SSSR count). The summed E-state index contributed by atoms with van der Waals surface area (Å²) in [5.74, 6) is -0.526. The molecule has 0 aromatic heterocycles. The second-order valence-electron chi connectivity index (χ2n) is 10.9. The lowest BCUT2D eigenvalue weighted by Crippen LogP contribution is -2.19. The zero-order chi connectivity index (χ0) is 31.9. The number of amides is 2. The number of aryl methyl sites for hydroxylation is 1. The number of hydrogen-bond acceptors (Lipinski definition) is 4. The van der Waals surface area contributed by atoms with Gasteiger partial charge >= 0.3 is 0 Å². The minimum absolute atomic E-state index is 0.240. The van der Waals surface area contributed by atoms with E-state index < -0.39 is 0 Å². The standard InChI is InChI=1S/C40H34N4O2/c1-29-16-20-35(21-17-29)43(33-12-5-3-6-13-33)37-24-26-38(27-25-37)44(34-14-7-4-8-15-34)36-22-18-32(19-23-36)42-40(46)31-11-9-10-30(28-31)39(45)41-2/h3-28H,1-2H3,(H,41,45)(H,42,46). The van der Waals surface area contributed by atoms with Gasteiger partial charge in [-0.05, 0) is 110 Å². The Morgan fingerprint density at radius 2 is 0.848 bits per heavy atom. The highest BCUT2D eigenvalue weighted by Gasteiger charge is 2.16. The molecule has 0 aliphatic carbocycles. The predicted octanol–water partition coefficient (Wildman–Crippen LogP) is 9.55. The van der Waals surface area contributed by atoms with E-state index in [0.29, 0.717) is 16.8 Å². The zero-order valence-corrected chi connectivity index (χ0v) is 25.7. The third-order valence-electron chi connectivity index (χ3n) is 7.68. The quantitative estimate of drug-likeness (QED) is 0.173. The fraction of sp³-hybridized carbons (Fsp3) is 0.0500. The average Bonchev–Trinajstić information content (AvgIpc) is 3.11. The van der Waals surface area contributed by atoms with Crippen LogP contribution in [0.4, 0.5) is 39.8 Å².